The number of amidine groups is 2. The monoisotopic (exact) mass is 355 g/mol. The lowest BCUT2D eigenvalue weighted by Gasteiger charge is -2.10. The summed E-state index contributed by atoms with van der Waals surface area (Å²) in [6, 6.07) is 8.50. The van der Waals surface area contributed by atoms with Crippen LogP contribution in [0.4, 0.5) is 0 Å². The predicted octanol–water partition coefficient (Wildman–Crippen LogP) is 0.585. The fourth-order valence-corrected chi connectivity index (χ4v) is 3.66. The van der Waals surface area contributed by atoms with Crippen LogP contribution in [0.2, 0.25) is 0 Å². The molecule has 126 valence electrons. The molecule has 0 amide bonds. The van der Waals surface area contributed by atoms with Crippen LogP contribution in [0.5, 0.6) is 0 Å². The molecule has 0 fully saturated rings. The Kier molecular flexibility index (Phi) is 6.03. The minimum atomic E-state index is -3.67. The Morgan fingerprint density at radius 2 is 2.09 bits per heavy atom. The Labute approximate surface area is 141 Å². The van der Waals surface area contributed by atoms with Crippen molar-refractivity contribution >= 4 is 33.6 Å². The summed E-state index contributed by atoms with van der Waals surface area (Å²) in [6.45, 7) is 1.40. The van der Waals surface area contributed by atoms with E-state index in [1.165, 1.54) is 11.1 Å². The molecule has 0 saturated heterocycles. The first-order valence-electron chi connectivity index (χ1n) is 7.09. The average Bonchev–Trinajstić information content (AvgIpc) is 2.71. The van der Waals surface area contributed by atoms with Gasteiger partial charge >= 0.3 is 10.2 Å². The number of thioether (sulfide) groups is 1. The Bertz CT molecular complexity index is 714. The van der Waals surface area contributed by atoms with Crippen LogP contribution < -0.4 is 10.5 Å². The van der Waals surface area contributed by atoms with Gasteiger partial charge in [-0.05, 0) is 25.2 Å². The van der Waals surface area contributed by atoms with E-state index in [-0.39, 0.29) is 11.7 Å². The molecule has 7 nitrogen and oxygen atoms in total. The number of aliphatic imine (C=N–C) groups is 1. The van der Waals surface area contributed by atoms with Gasteiger partial charge in [-0.3, -0.25) is 4.99 Å². The number of hydrogen-bond acceptors (Lipinski definition) is 6. The second-order valence-electron chi connectivity index (χ2n) is 5.39. The molecule has 0 saturated carbocycles. The lowest BCUT2D eigenvalue weighted by Crippen LogP contribution is -2.31. The summed E-state index contributed by atoms with van der Waals surface area (Å²) in [5, 5.41) is 0. The second kappa shape index (κ2) is 7.80. The molecule has 1 heterocycles. The molecule has 1 aliphatic heterocycles. The summed E-state index contributed by atoms with van der Waals surface area (Å²) in [5.74, 6) is 1.72. The standard InChI is InChI=1S/C14H21N5O2S2/c1-19(2)9-11-4-3-5-12(8-11)10-22-7-6-16-14-13(15)17-23(20,21)18-14/h3-5,8H,6-7,9-10H2,1-2H3,(H2,15,17)(H,16,18). The van der Waals surface area contributed by atoms with Gasteiger partial charge < -0.3 is 10.6 Å². The van der Waals surface area contributed by atoms with Gasteiger partial charge in [-0.1, -0.05) is 24.3 Å². The molecule has 0 aliphatic carbocycles. The molecule has 1 aromatic rings. The highest BCUT2D eigenvalue weighted by molar-refractivity contribution is 7.98. The van der Waals surface area contributed by atoms with E-state index < -0.39 is 10.2 Å². The van der Waals surface area contributed by atoms with Crippen molar-refractivity contribution in [3.8, 4) is 0 Å². The summed E-state index contributed by atoms with van der Waals surface area (Å²) in [6.07, 6.45) is 0. The third kappa shape index (κ3) is 5.85. The van der Waals surface area contributed by atoms with E-state index in [4.69, 9.17) is 5.73 Å². The van der Waals surface area contributed by atoms with Crippen LogP contribution in [0.25, 0.3) is 0 Å². The predicted molar refractivity (Wildman–Crippen MR) is 96.0 cm³/mol. The molecule has 0 atom stereocenters. The molecule has 0 unspecified atom stereocenters. The lowest BCUT2D eigenvalue weighted by atomic mass is 10.1. The Morgan fingerprint density at radius 1 is 1.35 bits per heavy atom. The fraction of sp³-hybridized carbons (Fsp3) is 0.429. The third-order valence-corrected chi connectivity index (χ3v) is 4.85. The number of benzene rings is 1. The Balaban J connectivity index is 1.77. The molecule has 1 aliphatic rings. The van der Waals surface area contributed by atoms with Gasteiger partial charge in [0.25, 0.3) is 0 Å². The topological polar surface area (TPSA) is 100 Å². The average molecular weight is 355 g/mol. The fourth-order valence-electron chi connectivity index (χ4n) is 2.08. The van der Waals surface area contributed by atoms with Crippen molar-refractivity contribution in [3.05, 3.63) is 35.4 Å². The molecule has 3 N–H and O–H groups in total. The minimum Gasteiger partial charge on any atom is -0.380 e. The van der Waals surface area contributed by atoms with Crippen molar-refractivity contribution < 1.29 is 8.42 Å². The second-order valence-corrected chi connectivity index (χ2v) is 7.84. The highest BCUT2D eigenvalue weighted by Gasteiger charge is 2.23. The summed E-state index contributed by atoms with van der Waals surface area (Å²) in [5.41, 5.74) is 8.04. The van der Waals surface area contributed by atoms with Crippen LogP contribution in [0.1, 0.15) is 11.1 Å². The van der Waals surface area contributed by atoms with Gasteiger partial charge in [0, 0.05) is 18.1 Å². The van der Waals surface area contributed by atoms with Gasteiger partial charge in [0.05, 0.1) is 6.54 Å². The first kappa shape index (κ1) is 17.8. The van der Waals surface area contributed by atoms with Crippen molar-refractivity contribution in [2.24, 2.45) is 15.1 Å². The number of nitrogens with one attached hydrogen (secondary N) is 1. The molecular formula is C14H21N5O2S2. The van der Waals surface area contributed by atoms with Crippen LogP contribution in [-0.4, -0.2) is 51.4 Å². The first-order chi connectivity index (χ1) is 10.9. The normalized spacial score (nSPS) is 18.2. The van der Waals surface area contributed by atoms with Gasteiger partial charge in [0.1, 0.15) is 0 Å². The zero-order chi connectivity index (χ0) is 16.9. The van der Waals surface area contributed by atoms with E-state index in [1.807, 2.05) is 14.1 Å². The quantitative estimate of drug-likeness (QED) is 0.697. The van der Waals surface area contributed by atoms with Gasteiger partial charge in [-0.25, -0.2) is 4.72 Å². The van der Waals surface area contributed by atoms with Crippen molar-refractivity contribution in [3.63, 3.8) is 0 Å². The number of rotatable bonds is 7. The maximum Gasteiger partial charge on any atom is 0.345 e. The molecule has 2 rings (SSSR count). The molecular weight excluding hydrogens is 334 g/mol. The van der Waals surface area contributed by atoms with Crippen molar-refractivity contribution in [2.45, 2.75) is 12.3 Å². The SMILES string of the molecule is CN(C)Cc1cccc(CSCCN=C2NS(=O)(=O)N=C2N)c1. The molecule has 0 spiro atoms. The van der Waals surface area contributed by atoms with E-state index in [0.29, 0.717) is 6.54 Å². The van der Waals surface area contributed by atoms with Gasteiger partial charge in [-0.15, -0.1) is 4.40 Å². The molecule has 0 bridgehead atoms. The van der Waals surface area contributed by atoms with Crippen LogP contribution in [0.3, 0.4) is 0 Å². The van der Waals surface area contributed by atoms with Crippen molar-refractivity contribution in [2.75, 3.05) is 26.4 Å². The summed E-state index contributed by atoms with van der Waals surface area (Å²) >= 11 is 1.74. The van der Waals surface area contributed by atoms with Crippen molar-refractivity contribution in [1.82, 2.24) is 9.62 Å². The van der Waals surface area contributed by atoms with Crippen LogP contribution in [-0.2, 0) is 22.5 Å². The van der Waals surface area contributed by atoms with Gasteiger partial charge in [0.2, 0.25) is 0 Å². The van der Waals surface area contributed by atoms with Crippen molar-refractivity contribution in [1.29, 1.82) is 0 Å². The third-order valence-electron chi connectivity index (χ3n) is 2.95. The minimum absolute atomic E-state index is 0.0774. The summed E-state index contributed by atoms with van der Waals surface area (Å²) in [7, 11) is 0.423. The lowest BCUT2D eigenvalue weighted by molar-refractivity contribution is 0.402. The highest BCUT2D eigenvalue weighted by atomic mass is 32.2. The molecule has 0 aromatic heterocycles. The molecule has 1 aromatic carbocycles. The van der Waals surface area contributed by atoms with Crippen LogP contribution >= 0.6 is 11.8 Å². The van der Waals surface area contributed by atoms with E-state index >= 15 is 0 Å². The van der Waals surface area contributed by atoms with E-state index in [2.05, 4.69) is 43.3 Å². The molecule has 23 heavy (non-hydrogen) atoms. The maximum absolute atomic E-state index is 11.2. The highest BCUT2D eigenvalue weighted by Crippen LogP contribution is 2.14. The van der Waals surface area contributed by atoms with Crippen LogP contribution in [0, 0.1) is 0 Å². The number of nitrogens with two attached hydrogens (primary N) is 1. The van der Waals surface area contributed by atoms with E-state index in [9.17, 15) is 8.42 Å². The Hall–Kier alpha value is -1.58. The smallest absolute Gasteiger partial charge is 0.345 e. The summed E-state index contributed by atoms with van der Waals surface area (Å²) in [4.78, 5) is 6.27. The number of hydrogen-bond donors (Lipinski definition) is 2. The van der Waals surface area contributed by atoms with Gasteiger partial charge in [-0.2, -0.15) is 20.2 Å². The van der Waals surface area contributed by atoms with Gasteiger partial charge in [0.15, 0.2) is 11.7 Å². The van der Waals surface area contributed by atoms with Crippen LogP contribution in [0.15, 0.2) is 33.7 Å². The largest absolute Gasteiger partial charge is 0.380 e. The first-order valence-corrected chi connectivity index (χ1v) is 9.68. The maximum atomic E-state index is 11.2. The molecule has 9 heteroatoms. The zero-order valence-electron chi connectivity index (χ0n) is 13.2. The molecule has 0 radical (unpaired) electrons. The number of nitrogens with zero attached hydrogens (tertiary/aromatic N) is 3. The zero-order valence-corrected chi connectivity index (χ0v) is 14.8. The van der Waals surface area contributed by atoms with E-state index in [1.54, 1.807) is 11.8 Å². The Morgan fingerprint density at radius 3 is 2.74 bits per heavy atom. The summed E-state index contributed by atoms with van der Waals surface area (Å²) < 4.78 is 27.8. The van der Waals surface area contributed by atoms with E-state index in [0.717, 1.165) is 18.1 Å².